The number of benzene rings is 2. The lowest BCUT2D eigenvalue weighted by molar-refractivity contribution is -0.385. The topological polar surface area (TPSA) is 99.0 Å². The van der Waals surface area contributed by atoms with Crippen LogP contribution in [-0.4, -0.2) is 44.5 Å². The summed E-state index contributed by atoms with van der Waals surface area (Å²) >= 11 is 0. The van der Waals surface area contributed by atoms with E-state index < -0.39 is 26.9 Å². The van der Waals surface area contributed by atoms with E-state index in [2.05, 4.69) is 0 Å². The normalized spacial score (nSPS) is 18.2. The molecule has 1 atom stereocenters. The zero-order valence-corrected chi connectivity index (χ0v) is 15.2. The molecule has 10 heteroatoms. The lowest BCUT2D eigenvalue weighted by atomic mass is 10.1. The molecule has 0 aliphatic carbocycles. The second-order valence-electron chi connectivity index (χ2n) is 5.87. The Labute approximate surface area is 155 Å². The second kappa shape index (κ2) is 7.59. The number of morpholine rings is 1. The molecule has 0 N–H and O–H groups in total. The Morgan fingerprint density at radius 3 is 2.59 bits per heavy atom. The van der Waals surface area contributed by atoms with Crippen LogP contribution >= 0.6 is 0 Å². The molecule has 1 saturated heterocycles. The van der Waals surface area contributed by atoms with Crippen molar-refractivity contribution in [3.63, 3.8) is 0 Å². The maximum atomic E-state index is 13.1. The molecule has 1 heterocycles. The van der Waals surface area contributed by atoms with Crippen LogP contribution < -0.4 is 4.74 Å². The molecule has 1 unspecified atom stereocenters. The van der Waals surface area contributed by atoms with E-state index in [0.29, 0.717) is 5.56 Å². The van der Waals surface area contributed by atoms with E-state index >= 15 is 0 Å². The number of nitro groups is 1. The van der Waals surface area contributed by atoms with Gasteiger partial charge in [0, 0.05) is 19.2 Å². The van der Waals surface area contributed by atoms with Crippen LogP contribution in [0.1, 0.15) is 11.7 Å². The zero-order valence-electron chi connectivity index (χ0n) is 14.4. The van der Waals surface area contributed by atoms with Gasteiger partial charge in [-0.05, 0) is 23.8 Å². The molecule has 8 nitrogen and oxygen atoms in total. The van der Waals surface area contributed by atoms with E-state index in [0.717, 1.165) is 18.2 Å². The Morgan fingerprint density at radius 2 is 1.96 bits per heavy atom. The van der Waals surface area contributed by atoms with Crippen molar-refractivity contribution >= 4 is 15.7 Å². The molecular formula is C17H17FN2O6S. The number of methoxy groups -OCH3 is 1. The van der Waals surface area contributed by atoms with Crippen molar-refractivity contribution in [2.75, 3.05) is 26.8 Å². The Bertz CT molecular complexity index is 948. The van der Waals surface area contributed by atoms with Gasteiger partial charge in [0.15, 0.2) is 0 Å². The van der Waals surface area contributed by atoms with Crippen molar-refractivity contribution in [3.8, 4) is 5.75 Å². The van der Waals surface area contributed by atoms with Crippen molar-refractivity contribution in [2.24, 2.45) is 0 Å². The number of hydrogen-bond acceptors (Lipinski definition) is 6. The van der Waals surface area contributed by atoms with Gasteiger partial charge in [0.1, 0.15) is 16.5 Å². The smallest absolute Gasteiger partial charge is 0.273 e. The average Bonchev–Trinajstić information content (AvgIpc) is 2.68. The van der Waals surface area contributed by atoms with Crippen molar-refractivity contribution in [3.05, 3.63) is 64.0 Å². The number of nitro benzene ring substituents is 1. The standard InChI is InChI=1S/C17H17FN2O6S/c1-25-15-10-14(20(21)22)6-7-17(15)27(23,24)19-8-9-26-16(11-19)12-2-4-13(18)5-3-12/h2-7,10,16H,8-9,11H2,1H3. The first kappa shape index (κ1) is 19.2. The lowest BCUT2D eigenvalue weighted by Gasteiger charge is -2.32. The lowest BCUT2D eigenvalue weighted by Crippen LogP contribution is -2.42. The Morgan fingerprint density at radius 1 is 1.26 bits per heavy atom. The van der Waals surface area contributed by atoms with E-state index in [-0.39, 0.29) is 36.0 Å². The highest BCUT2D eigenvalue weighted by atomic mass is 32.2. The number of nitrogens with zero attached hydrogens (tertiary/aromatic N) is 2. The summed E-state index contributed by atoms with van der Waals surface area (Å²) in [5.74, 6) is -0.497. The predicted molar refractivity (Wildman–Crippen MR) is 93.5 cm³/mol. The highest BCUT2D eigenvalue weighted by Gasteiger charge is 2.34. The van der Waals surface area contributed by atoms with Crippen molar-refractivity contribution in [1.29, 1.82) is 0 Å². The molecule has 0 radical (unpaired) electrons. The first-order valence-electron chi connectivity index (χ1n) is 8.02. The van der Waals surface area contributed by atoms with E-state index in [9.17, 15) is 22.9 Å². The first-order valence-corrected chi connectivity index (χ1v) is 9.46. The molecule has 2 aromatic carbocycles. The van der Waals surface area contributed by atoms with Gasteiger partial charge in [0.25, 0.3) is 5.69 Å². The molecule has 0 bridgehead atoms. The summed E-state index contributed by atoms with van der Waals surface area (Å²) in [4.78, 5) is 10.1. The molecular weight excluding hydrogens is 379 g/mol. The fourth-order valence-electron chi connectivity index (χ4n) is 2.85. The number of non-ortho nitro benzene ring substituents is 1. The Hall–Kier alpha value is -2.56. The van der Waals surface area contributed by atoms with E-state index in [1.807, 2.05) is 0 Å². The van der Waals surface area contributed by atoms with Gasteiger partial charge in [0.2, 0.25) is 10.0 Å². The van der Waals surface area contributed by atoms with E-state index in [4.69, 9.17) is 9.47 Å². The number of hydrogen-bond donors (Lipinski definition) is 0. The van der Waals surface area contributed by atoms with Crippen LogP contribution in [0.25, 0.3) is 0 Å². The van der Waals surface area contributed by atoms with Gasteiger partial charge < -0.3 is 9.47 Å². The minimum Gasteiger partial charge on any atom is -0.495 e. The largest absolute Gasteiger partial charge is 0.495 e. The summed E-state index contributed by atoms with van der Waals surface area (Å²) in [6, 6.07) is 9.01. The van der Waals surface area contributed by atoms with Crippen molar-refractivity contribution < 1.29 is 27.2 Å². The van der Waals surface area contributed by atoms with Crippen LogP contribution in [0.3, 0.4) is 0 Å². The Kier molecular flexibility index (Phi) is 5.40. The maximum Gasteiger partial charge on any atom is 0.273 e. The van der Waals surface area contributed by atoms with Gasteiger partial charge in [-0.2, -0.15) is 4.31 Å². The molecule has 1 aliphatic rings. The third kappa shape index (κ3) is 3.92. The van der Waals surface area contributed by atoms with Crippen molar-refractivity contribution in [1.82, 2.24) is 4.31 Å². The summed E-state index contributed by atoms with van der Waals surface area (Å²) < 4.78 is 51.1. The molecule has 0 aromatic heterocycles. The number of ether oxygens (including phenoxy) is 2. The molecule has 3 rings (SSSR count). The fourth-order valence-corrected chi connectivity index (χ4v) is 4.41. The van der Waals surface area contributed by atoms with E-state index in [1.165, 1.54) is 23.5 Å². The minimum absolute atomic E-state index is 0.0358. The second-order valence-corrected chi connectivity index (χ2v) is 7.77. The highest BCUT2D eigenvalue weighted by Crippen LogP contribution is 2.33. The molecule has 0 saturated carbocycles. The number of sulfonamides is 1. The van der Waals surface area contributed by atoms with Gasteiger partial charge in [0.05, 0.1) is 30.8 Å². The summed E-state index contributed by atoms with van der Waals surface area (Å²) in [5.41, 5.74) is 0.393. The van der Waals surface area contributed by atoms with Crippen LogP contribution in [0, 0.1) is 15.9 Å². The van der Waals surface area contributed by atoms with Crippen LogP contribution in [-0.2, 0) is 14.8 Å². The average molecular weight is 396 g/mol. The third-order valence-corrected chi connectivity index (χ3v) is 6.15. The molecule has 2 aromatic rings. The fraction of sp³-hybridized carbons (Fsp3) is 0.294. The molecule has 0 amide bonds. The third-order valence-electron chi connectivity index (χ3n) is 4.25. The van der Waals surface area contributed by atoms with Gasteiger partial charge >= 0.3 is 0 Å². The molecule has 1 aliphatic heterocycles. The summed E-state index contributed by atoms with van der Waals surface area (Å²) in [6.45, 7) is 0.324. The predicted octanol–water partition coefficient (Wildman–Crippen LogP) is 2.50. The maximum absolute atomic E-state index is 13.1. The Balaban J connectivity index is 1.90. The molecule has 144 valence electrons. The van der Waals surface area contributed by atoms with Crippen LogP contribution in [0.5, 0.6) is 5.75 Å². The van der Waals surface area contributed by atoms with Crippen LogP contribution in [0.2, 0.25) is 0 Å². The number of rotatable bonds is 5. The van der Waals surface area contributed by atoms with Gasteiger partial charge in [-0.15, -0.1) is 0 Å². The molecule has 27 heavy (non-hydrogen) atoms. The first-order chi connectivity index (χ1) is 12.8. The molecule has 0 spiro atoms. The van der Waals surface area contributed by atoms with Gasteiger partial charge in [-0.3, -0.25) is 10.1 Å². The zero-order chi connectivity index (χ0) is 19.6. The summed E-state index contributed by atoms with van der Waals surface area (Å²) in [7, 11) is -2.72. The quantitative estimate of drug-likeness (QED) is 0.569. The summed E-state index contributed by atoms with van der Waals surface area (Å²) in [6.07, 6.45) is -0.543. The SMILES string of the molecule is COc1cc([N+](=O)[O-])ccc1S(=O)(=O)N1CCOC(c2ccc(F)cc2)C1. The van der Waals surface area contributed by atoms with Crippen LogP contribution in [0.4, 0.5) is 10.1 Å². The summed E-state index contributed by atoms with van der Waals surface area (Å²) in [5, 5.41) is 10.9. The van der Waals surface area contributed by atoms with E-state index in [1.54, 1.807) is 12.1 Å². The van der Waals surface area contributed by atoms with Crippen LogP contribution in [0.15, 0.2) is 47.4 Å². The minimum atomic E-state index is -3.96. The van der Waals surface area contributed by atoms with Gasteiger partial charge in [-0.25, -0.2) is 12.8 Å². The number of halogens is 1. The van der Waals surface area contributed by atoms with Crippen molar-refractivity contribution in [2.45, 2.75) is 11.0 Å². The molecule has 1 fully saturated rings. The highest BCUT2D eigenvalue weighted by molar-refractivity contribution is 7.89. The monoisotopic (exact) mass is 396 g/mol. The van der Waals surface area contributed by atoms with Gasteiger partial charge in [-0.1, -0.05) is 12.1 Å².